The Balaban J connectivity index is 1.82. The van der Waals surface area contributed by atoms with Crippen molar-refractivity contribution in [3.63, 3.8) is 0 Å². The number of rotatable bonds is 11. The number of nitrogens with one attached hydrogen (secondary N) is 1. The van der Waals surface area contributed by atoms with Crippen molar-refractivity contribution in [3.8, 4) is 0 Å². The largest absolute Gasteiger partial charge is 0.357 e. The molecule has 1 atom stereocenters. The fourth-order valence-corrected chi connectivity index (χ4v) is 6.34. The van der Waals surface area contributed by atoms with Crippen molar-refractivity contribution in [3.05, 3.63) is 130 Å². The third-order valence-corrected chi connectivity index (χ3v) is 9.21. The Labute approximate surface area is 254 Å². The van der Waals surface area contributed by atoms with Gasteiger partial charge in [0.05, 0.1) is 20.6 Å². The molecule has 11 heteroatoms. The van der Waals surface area contributed by atoms with Gasteiger partial charge in [-0.3, -0.25) is 13.9 Å². The zero-order chi connectivity index (χ0) is 30.3. The Morgan fingerprint density at radius 2 is 1.48 bits per heavy atom. The summed E-state index contributed by atoms with van der Waals surface area (Å²) in [6, 6.07) is 25.8. The van der Waals surface area contributed by atoms with Crippen LogP contribution in [-0.2, 0) is 32.6 Å². The summed E-state index contributed by atoms with van der Waals surface area (Å²) >= 11 is 12.7. The average Bonchev–Trinajstić information content (AvgIpc) is 3.00. The number of benzene rings is 4. The molecule has 0 aliphatic heterocycles. The van der Waals surface area contributed by atoms with Gasteiger partial charge in [0.1, 0.15) is 18.4 Å². The van der Waals surface area contributed by atoms with Crippen LogP contribution in [0.4, 0.5) is 10.1 Å². The fourth-order valence-electron chi connectivity index (χ4n) is 4.45. The molecule has 0 aliphatic carbocycles. The zero-order valence-corrected chi connectivity index (χ0v) is 24.9. The number of hydrogen-bond acceptors (Lipinski definition) is 4. The smallest absolute Gasteiger partial charge is 0.264 e. The van der Waals surface area contributed by atoms with Crippen molar-refractivity contribution in [2.45, 2.75) is 23.9 Å². The monoisotopic (exact) mass is 627 g/mol. The van der Waals surface area contributed by atoms with Crippen LogP contribution in [0.25, 0.3) is 0 Å². The van der Waals surface area contributed by atoms with Crippen LogP contribution >= 0.6 is 23.2 Å². The maximum Gasteiger partial charge on any atom is 0.264 e. The van der Waals surface area contributed by atoms with Crippen LogP contribution in [0.2, 0.25) is 10.0 Å². The molecular weight excluding hydrogens is 600 g/mol. The summed E-state index contributed by atoms with van der Waals surface area (Å²) in [5.41, 5.74) is 0.891. The predicted molar refractivity (Wildman–Crippen MR) is 162 cm³/mol. The van der Waals surface area contributed by atoms with Gasteiger partial charge in [0, 0.05) is 25.6 Å². The van der Waals surface area contributed by atoms with Crippen molar-refractivity contribution in [1.29, 1.82) is 0 Å². The molecule has 0 bridgehead atoms. The van der Waals surface area contributed by atoms with Gasteiger partial charge in [0.25, 0.3) is 10.0 Å². The molecule has 42 heavy (non-hydrogen) atoms. The molecular formula is C31H28Cl2FN3O4S. The Bertz CT molecular complexity index is 1660. The van der Waals surface area contributed by atoms with E-state index in [0.717, 1.165) is 9.87 Å². The quantitative estimate of drug-likeness (QED) is 0.231. The first-order valence-corrected chi connectivity index (χ1v) is 15.1. The van der Waals surface area contributed by atoms with Gasteiger partial charge < -0.3 is 10.2 Å². The van der Waals surface area contributed by atoms with E-state index in [1.54, 1.807) is 48.5 Å². The summed E-state index contributed by atoms with van der Waals surface area (Å²) < 4.78 is 43.6. The van der Waals surface area contributed by atoms with Gasteiger partial charge in [-0.25, -0.2) is 12.8 Å². The second kappa shape index (κ2) is 13.8. The molecule has 0 saturated carbocycles. The minimum Gasteiger partial charge on any atom is -0.357 e. The Morgan fingerprint density at radius 1 is 0.857 bits per heavy atom. The number of likely N-dealkylation sites (N-methyl/N-ethyl adjacent to an activating group) is 1. The molecule has 0 aromatic heterocycles. The van der Waals surface area contributed by atoms with E-state index >= 15 is 0 Å². The first-order chi connectivity index (χ1) is 20.1. The minimum atomic E-state index is -4.35. The lowest BCUT2D eigenvalue weighted by atomic mass is 10.0. The van der Waals surface area contributed by atoms with Crippen LogP contribution in [0.1, 0.15) is 11.1 Å². The van der Waals surface area contributed by atoms with E-state index in [-0.39, 0.29) is 39.2 Å². The van der Waals surface area contributed by atoms with Crippen LogP contribution in [0.3, 0.4) is 0 Å². The molecule has 7 nitrogen and oxygen atoms in total. The highest BCUT2D eigenvalue weighted by molar-refractivity contribution is 7.92. The molecule has 4 rings (SSSR count). The van der Waals surface area contributed by atoms with Crippen molar-refractivity contribution in [2.75, 3.05) is 17.9 Å². The molecule has 2 amide bonds. The van der Waals surface area contributed by atoms with Gasteiger partial charge in [0.15, 0.2) is 0 Å². The van der Waals surface area contributed by atoms with E-state index in [9.17, 15) is 22.4 Å². The molecule has 0 heterocycles. The number of amides is 2. The van der Waals surface area contributed by atoms with Crippen LogP contribution in [0, 0.1) is 5.82 Å². The van der Waals surface area contributed by atoms with E-state index in [1.807, 2.05) is 6.07 Å². The van der Waals surface area contributed by atoms with Crippen molar-refractivity contribution >= 4 is 50.7 Å². The molecule has 0 radical (unpaired) electrons. The number of nitrogens with zero attached hydrogens (tertiary/aromatic N) is 2. The zero-order valence-electron chi connectivity index (χ0n) is 22.6. The van der Waals surface area contributed by atoms with Crippen molar-refractivity contribution in [2.24, 2.45) is 0 Å². The number of anilines is 1. The standard InChI is InChI=1S/C31H28Cl2FN3O4S/c1-35-31(39)28(19-22-11-4-2-5-12-22)36(20-23-13-8-9-17-26(23)34)29(38)21-37(27-18-10-16-25(32)30(27)33)42(40,41)24-14-6-3-7-15-24/h2-18,28H,19-21H2,1H3,(H,35,39). The Kier molecular flexibility index (Phi) is 10.2. The maximum absolute atomic E-state index is 14.8. The first kappa shape index (κ1) is 31.0. The van der Waals surface area contributed by atoms with Gasteiger partial charge in [0.2, 0.25) is 11.8 Å². The van der Waals surface area contributed by atoms with Gasteiger partial charge in [-0.2, -0.15) is 0 Å². The number of hydrogen-bond donors (Lipinski definition) is 1. The SMILES string of the molecule is CNC(=O)C(Cc1ccccc1)N(Cc1ccccc1F)C(=O)CN(c1cccc(Cl)c1Cl)S(=O)(=O)c1ccccc1. The van der Waals surface area contributed by atoms with Crippen LogP contribution in [-0.4, -0.2) is 44.8 Å². The minimum absolute atomic E-state index is 0.0215. The number of halogens is 3. The summed E-state index contributed by atoms with van der Waals surface area (Å²) in [5, 5.41) is 2.60. The Hall–Kier alpha value is -3.92. The van der Waals surface area contributed by atoms with E-state index in [0.29, 0.717) is 0 Å². The third kappa shape index (κ3) is 7.10. The average molecular weight is 629 g/mol. The van der Waals surface area contributed by atoms with Crippen LogP contribution < -0.4 is 9.62 Å². The van der Waals surface area contributed by atoms with Crippen LogP contribution in [0.15, 0.2) is 108 Å². The lowest BCUT2D eigenvalue weighted by Crippen LogP contribution is -2.53. The van der Waals surface area contributed by atoms with Gasteiger partial charge in [-0.1, -0.05) is 96.0 Å². The topological polar surface area (TPSA) is 86.8 Å². The molecule has 0 saturated heterocycles. The summed E-state index contributed by atoms with van der Waals surface area (Å²) in [4.78, 5) is 28.6. The first-order valence-electron chi connectivity index (χ1n) is 12.9. The Morgan fingerprint density at radius 3 is 2.12 bits per heavy atom. The molecule has 1 unspecified atom stereocenters. The van der Waals surface area contributed by atoms with Gasteiger partial charge in [-0.05, 0) is 35.9 Å². The van der Waals surface area contributed by atoms with Gasteiger partial charge >= 0.3 is 0 Å². The highest BCUT2D eigenvalue weighted by Crippen LogP contribution is 2.35. The molecule has 4 aromatic rings. The lowest BCUT2D eigenvalue weighted by molar-refractivity contribution is -0.139. The van der Waals surface area contributed by atoms with Gasteiger partial charge in [-0.15, -0.1) is 0 Å². The summed E-state index contributed by atoms with van der Waals surface area (Å²) in [6.45, 7) is -1.03. The van der Waals surface area contributed by atoms with E-state index in [1.165, 1.54) is 60.5 Å². The molecule has 4 aromatic carbocycles. The summed E-state index contributed by atoms with van der Waals surface area (Å²) in [7, 11) is -2.91. The van der Waals surface area contributed by atoms with E-state index in [4.69, 9.17) is 23.2 Å². The molecule has 218 valence electrons. The predicted octanol–water partition coefficient (Wildman–Crippen LogP) is 5.71. The normalized spacial score (nSPS) is 11.9. The van der Waals surface area contributed by atoms with E-state index < -0.39 is 40.2 Å². The number of carbonyl (C=O) groups excluding carboxylic acids is 2. The molecule has 0 fully saturated rings. The van der Waals surface area contributed by atoms with Crippen LogP contribution in [0.5, 0.6) is 0 Å². The molecule has 1 N–H and O–H groups in total. The van der Waals surface area contributed by atoms with E-state index in [2.05, 4.69) is 5.32 Å². The second-order valence-corrected chi connectivity index (χ2v) is 12.0. The highest BCUT2D eigenvalue weighted by atomic mass is 35.5. The van der Waals surface area contributed by atoms with Crippen molar-refractivity contribution in [1.82, 2.24) is 10.2 Å². The third-order valence-electron chi connectivity index (χ3n) is 6.63. The molecule has 0 aliphatic rings. The summed E-state index contributed by atoms with van der Waals surface area (Å²) in [6.07, 6.45) is 0.101. The van der Waals surface area contributed by atoms with Crippen molar-refractivity contribution < 1.29 is 22.4 Å². The highest BCUT2D eigenvalue weighted by Gasteiger charge is 2.35. The second-order valence-electron chi connectivity index (χ2n) is 9.33. The summed E-state index contributed by atoms with van der Waals surface area (Å²) in [5.74, 6) is -1.82. The maximum atomic E-state index is 14.8. The number of sulfonamides is 1. The number of carbonyl (C=O) groups is 2. The lowest BCUT2D eigenvalue weighted by Gasteiger charge is -2.34. The molecule has 0 spiro atoms. The fraction of sp³-hybridized carbons (Fsp3) is 0.161.